The lowest BCUT2D eigenvalue weighted by atomic mass is 10.0. The Morgan fingerprint density at radius 2 is 2.00 bits per heavy atom. The third-order valence-electron chi connectivity index (χ3n) is 1.80. The molecule has 12 heavy (non-hydrogen) atoms. The van der Waals surface area contributed by atoms with Crippen molar-refractivity contribution in [1.29, 1.82) is 0 Å². The van der Waals surface area contributed by atoms with Gasteiger partial charge in [0.1, 0.15) is 5.82 Å². The molecule has 2 heteroatoms. The third-order valence-corrected chi connectivity index (χ3v) is 1.80. The topological polar surface area (TPSA) is 4.36 Å². The molecule has 0 spiro atoms. The van der Waals surface area contributed by atoms with Crippen LogP contribution in [0.4, 0.5) is 4.39 Å². The summed E-state index contributed by atoms with van der Waals surface area (Å²) in [6.07, 6.45) is 0. The lowest BCUT2D eigenvalue weighted by Crippen LogP contribution is -1.95. The zero-order chi connectivity index (χ0) is 8.97. The first-order chi connectivity index (χ1) is 5.74. The van der Waals surface area contributed by atoms with Gasteiger partial charge >= 0.3 is 0 Å². The van der Waals surface area contributed by atoms with Crippen LogP contribution in [0.15, 0.2) is 24.3 Å². The van der Waals surface area contributed by atoms with Crippen molar-refractivity contribution in [3.63, 3.8) is 0 Å². The van der Waals surface area contributed by atoms with E-state index in [2.05, 4.69) is 4.85 Å². The van der Waals surface area contributed by atoms with Crippen LogP contribution in [0, 0.1) is 12.4 Å². The second-order valence-corrected chi connectivity index (χ2v) is 2.79. The Kier molecular flexibility index (Phi) is 2.82. The molecule has 0 radical (unpaired) electrons. The van der Waals surface area contributed by atoms with Gasteiger partial charge in [0, 0.05) is 0 Å². The van der Waals surface area contributed by atoms with Crippen molar-refractivity contribution in [1.82, 2.24) is 0 Å². The minimum absolute atomic E-state index is 0.197. The average molecular weight is 163 g/mol. The van der Waals surface area contributed by atoms with Crippen LogP contribution < -0.4 is 0 Å². The number of hydrogen-bond acceptors (Lipinski definition) is 0. The Bertz CT molecular complexity index is 284. The molecule has 0 heterocycles. The molecule has 62 valence electrons. The van der Waals surface area contributed by atoms with Gasteiger partial charge in [-0.3, -0.25) is 0 Å². The van der Waals surface area contributed by atoms with Gasteiger partial charge in [-0.15, -0.1) is 0 Å². The van der Waals surface area contributed by atoms with E-state index in [4.69, 9.17) is 6.57 Å². The monoisotopic (exact) mass is 163 g/mol. The zero-order valence-electron chi connectivity index (χ0n) is 6.92. The van der Waals surface area contributed by atoms with Crippen LogP contribution in [0.5, 0.6) is 0 Å². The van der Waals surface area contributed by atoms with E-state index < -0.39 is 0 Å². The summed E-state index contributed by atoms with van der Waals surface area (Å²) < 4.78 is 12.5. The maximum atomic E-state index is 12.5. The molecule has 0 aliphatic carbocycles. The Hall–Kier alpha value is -1.36. The first-order valence-corrected chi connectivity index (χ1v) is 3.82. The second-order valence-electron chi connectivity index (χ2n) is 2.79. The molecule has 1 rings (SSSR count). The van der Waals surface area contributed by atoms with Crippen molar-refractivity contribution in [2.75, 3.05) is 6.54 Å². The average Bonchev–Trinajstić information content (AvgIpc) is 2.06. The Balaban J connectivity index is 2.76. The molecular weight excluding hydrogens is 153 g/mol. The van der Waals surface area contributed by atoms with E-state index in [0.29, 0.717) is 6.54 Å². The Morgan fingerprint density at radius 3 is 2.50 bits per heavy atom. The normalized spacial score (nSPS) is 12.1. The smallest absolute Gasteiger partial charge is 0.221 e. The fourth-order valence-electron chi connectivity index (χ4n) is 1.03. The molecular formula is C10H10FN. The van der Waals surface area contributed by atoms with Gasteiger partial charge in [0.25, 0.3) is 0 Å². The lowest BCUT2D eigenvalue weighted by Gasteiger charge is -2.03. The first kappa shape index (κ1) is 8.73. The van der Waals surface area contributed by atoms with Gasteiger partial charge in [-0.1, -0.05) is 19.1 Å². The van der Waals surface area contributed by atoms with Crippen molar-refractivity contribution in [2.24, 2.45) is 0 Å². The molecule has 0 fully saturated rings. The van der Waals surface area contributed by atoms with Gasteiger partial charge in [0.2, 0.25) is 6.54 Å². The highest BCUT2D eigenvalue weighted by atomic mass is 19.1. The van der Waals surface area contributed by atoms with Gasteiger partial charge in [0.05, 0.1) is 5.92 Å². The summed E-state index contributed by atoms with van der Waals surface area (Å²) >= 11 is 0. The fourth-order valence-corrected chi connectivity index (χ4v) is 1.03. The Labute approximate surface area is 71.7 Å². The summed E-state index contributed by atoms with van der Waals surface area (Å²) in [5, 5.41) is 0. The van der Waals surface area contributed by atoms with Crippen LogP contribution >= 0.6 is 0 Å². The quantitative estimate of drug-likeness (QED) is 0.590. The van der Waals surface area contributed by atoms with Crippen molar-refractivity contribution in [2.45, 2.75) is 12.8 Å². The van der Waals surface area contributed by atoms with Crippen molar-refractivity contribution >= 4 is 0 Å². The molecule has 0 amide bonds. The largest absolute Gasteiger partial charge is 0.316 e. The van der Waals surface area contributed by atoms with Gasteiger partial charge in [-0.25, -0.2) is 11.0 Å². The van der Waals surface area contributed by atoms with E-state index in [0.717, 1.165) is 5.56 Å². The lowest BCUT2D eigenvalue weighted by molar-refractivity contribution is 0.626. The molecule has 0 N–H and O–H groups in total. The number of hydrogen-bond donors (Lipinski definition) is 0. The van der Waals surface area contributed by atoms with E-state index >= 15 is 0 Å². The molecule has 0 aromatic heterocycles. The van der Waals surface area contributed by atoms with Gasteiger partial charge < -0.3 is 4.85 Å². The molecule has 1 unspecified atom stereocenters. The zero-order valence-corrected chi connectivity index (χ0v) is 6.92. The third kappa shape index (κ3) is 2.06. The summed E-state index contributed by atoms with van der Waals surface area (Å²) in [7, 11) is 0. The van der Waals surface area contributed by atoms with Crippen molar-refractivity contribution in [3.8, 4) is 0 Å². The van der Waals surface area contributed by atoms with Gasteiger partial charge in [0.15, 0.2) is 0 Å². The molecule has 1 aromatic rings. The Morgan fingerprint density at radius 1 is 1.42 bits per heavy atom. The van der Waals surface area contributed by atoms with Crippen LogP contribution in [0.1, 0.15) is 18.4 Å². The SMILES string of the molecule is [C-]#[N+]CC(C)c1ccc(F)cc1. The van der Waals surface area contributed by atoms with E-state index in [1.54, 1.807) is 12.1 Å². The number of benzene rings is 1. The van der Waals surface area contributed by atoms with E-state index in [1.807, 2.05) is 6.92 Å². The summed E-state index contributed by atoms with van der Waals surface area (Å²) in [5.74, 6) is -0.0307. The molecule has 0 aliphatic rings. The molecule has 0 saturated carbocycles. The second kappa shape index (κ2) is 3.87. The standard InChI is InChI=1S/C10H10FN/c1-8(7-12-2)9-3-5-10(11)6-4-9/h3-6,8H,7H2,1H3. The summed E-state index contributed by atoms with van der Waals surface area (Å²) in [5.41, 5.74) is 1.02. The van der Waals surface area contributed by atoms with E-state index in [1.165, 1.54) is 12.1 Å². The predicted octanol–water partition coefficient (Wildman–Crippen LogP) is 2.85. The molecule has 1 aromatic carbocycles. The van der Waals surface area contributed by atoms with Crippen molar-refractivity contribution in [3.05, 3.63) is 47.1 Å². The van der Waals surface area contributed by atoms with E-state index in [-0.39, 0.29) is 11.7 Å². The molecule has 1 nitrogen and oxygen atoms in total. The maximum absolute atomic E-state index is 12.5. The minimum atomic E-state index is -0.228. The molecule has 0 aliphatic heterocycles. The fraction of sp³-hybridized carbons (Fsp3) is 0.300. The number of nitrogens with zero attached hydrogens (tertiary/aromatic N) is 1. The van der Waals surface area contributed by atoms with Gasteiger partial charge in [-0.05, 0) is 17.7 Å². The number of rotatable bonds is 2. The van der Waals surface area contributed by atoms with Crippen LogP contribution in [0.25, 0.3) is 4.85 Å². The maximum Gasteiger partial charge on any atom is 0.221 e. The predicted molar refractivity (Wildman–Crippen MR) is 46.3 cm³/mol. The minimum Gasteiger partial charge on any atom is -0.316 e. The van der Waals surface area contributed by atoms with E-state index in [9.17, 15) is 4.39 Å². The highest BCUT2D eigenvalue weighted by Crippen LogP contribution is 2.15. The summed E-state index contributed by atoms with van der Waals surface area (Å²) in [6, 6.07) is 6.31. The summed E-state index contributed by atoms with van der Waals surface area (Å²) in [4.78, 5) is 3.29. The first-order valence-electron chi connectivity index (χ1n) is 3.82. The van der Waals surface area contributed by atoms with Crippen LogP contribution in [0.2, 0.25) is 0 Å². The van der Waals surface area contributed by atoms with Crippen molar-refractivity contribution < 1.29 is 4.39 Å². The summed E-state index contributed by atoms with van der Waals surface area (Å²) in [6.45, 7) is 9.10. The number of halogens is 1. The highest BCUT2D eigenvalue weighted by molar-refractivity contribution is 5.20. The van der Waals surface area contributed by atoms with Crippen LogP contribution in [0.3, 0.4) is 0 Å². The van der Waals surface area contributed by atoms with Gasteiger partial charge in [-0.2, -0.15) is 0 Å². The van der Waals surface area contributed by atoms with Crippen LogP contribution in [-0.4, -0.2) is 6.54 Å². The molecule has 1 atom stereocenters. The van der Waals surface area contributed by atoms with Crippen LogP contribution in [-0.2, 0) is 0 Å². The molecule has 0 saturated heterocycles. The highest BCUT2D eigenvalue weighted by Gasteiger charge is 2.06. The molecule has 0 bridgehead atoms.